The Hall–Kier alpha value is -5.46. The van der Waals surface area contributed by atoms with E-state index in [9.17, 15) is 0 Å². The SMILES string of the molecule is c1cc(C2=C3C(=C(c4cccc5ccccc45)c4ccccc43)c3ccccc32)cc(-c2ccc3ccccc3c2)c1. The zero-order valence-electron chi connectivity index (χ0n) is 23.0. The summed E-state index contributed by atoms with van der Waals surface area (Å²) in [7, 11) is 0. The molecule has 0 fully saturated rings. The van der Waals surface area contributed by atoms with Gasteiger partial charge in [0.15, 0.2) is 0 Å². The second-order valence-electron chi connectivity index (χ2n) is 11.3. The zero-order valence-corrected chi connectivity index (χ0v) is 23.0. The minimum absolute atomic E-state index is 1.24. The number of fused-ring (bicyclic) bond motifs is 7. The first-order valence-corrected chi connectivity index (χ1v) is 14.6. The smallest absolute Gasteiger partial charge is 0.000741 e. The highest BCUT2D eigenvalue weighted by molar-refractivity contribution is 6.36. The Balaban J connectivity index is 1.33. The van der Waals surface area contributed by atoms with E-state index in [1.54, 1.807) is 0 Å². The van der Waals surface area contributed by atoms with Crippen LogP contribution in [0.15, 0.2) is 158 Å². The lowest BCUT2D eigenvalue weighted by molar-refractivity contribution is 1.53. The van der Waals surface area contributed by atoms with E-state index in [1.165, 1.54) is 88.3 Å². The summed E-state index contributed by atoms with van der Waals surface area (Å²) in [5.74, 6) is 0. The quantitative estimate of drug-likeness (QED) is 0.213. The molecule has 0 saturated heterocycles. The van der Waals surface area contributed by atoms with Crippen LogP contribution < -0.4 is 0 Å². The third kappa shape index (κ3) is 3.36. The topological polar surface area (TPSA) is 0 Å². The molecular weight excluding hydrogens is 504 g/mol. The summed E-state index contributed by atoms with van der Waals surface area (Å²) < 4.78 is 0. The molecule has 0 saturated carbocycles. The monoisotopic (exact) mass is 530 g/mol. The highest BCUT2D eigenvalue weighted by atomic mass is 14.4. The summed E-state index contributed by atoms with van der Waals surface area (Å²) in [5.41, 5.74) is 15.7. The lowest BCUT2D eigenvalue weighted by atomic mass is 9.89. The van der Waals surface area contributed by atoms with Crippen LogP contribution >= 0.6 is 0 Å². The number of allylic oxidation sites excluding steroid dienone is 2. The predicted octanol–water partition coefficient (Wildman–Crippen LogP) is 10.9. The molecule has 0 spiro atoms. The summed E-state index contributed by atoms with van der Waals surface area (Å²) in [4.78, 5) is 0. The molecular formula is C42H26. The van der Waals surface area contributed by atoms with E-state index >= 15 is 0 Å². The van der Waals surface area contributed by atoms with E-state index in [0.29, 0.717) is 0 Å². The number of hydrogen-bond donors (Lipinski definition) is 0. The van der Waals surface area contributed by atoms with E-state index in [2.05, 4.69) is 158 Å². The molecule has 2 aliphatic carbocycles. The molecule has 0 heteroatoms. The molecule has 0 atom stereocenters. The standard InChI is InChI=1S/C42H26/c1-2-13-29-25-31(24-23-27(29)11-1)30-15-9-16-32(26-30)39-35-18-5-7-20-37(35)42-40(36-19-6-8-21-38(36)41(39)42)34-22-10-14-28-12-3-4-17-33(28)34/h1-26H. The summed E-state index contributed by atoms with van der Waals surface area (Å²) in [5, 5.41) is 5.10. The van der Waals surface area contributed by atoms with Gasteiger partial charge in [0.1, 0.15) is 0 Å². The number of rotatable bonds is 3. The van der Waals surface area contributed by atoms with Crippen molar-refractivity contribution >= 4 is 43.8 Å². The van der Waals surface area contributed by atoms with Gasteiger partial charge in [-0.3, -0.25) is 0 Å². The van der Waals surface area contributed by atoms with Gasteiger partial charge in [-0.1, -0.05) is 146 Å². The van der Waals surface area contributed by atoms with E-state index in [-0.39, 0.29) is 0 Å². The van der Waals surface area contributed by atoms with Gasteiger partial charge in [-0.15, -0.1) is 0 Å². The van der Waals surface area contributed by atoms with Crippen LogP contribution in [0.25, 0.3) is 55.0 Å². The lowest BCUT2D eigenvalue weighted by Gasteiger charge is -2.14. The maximum atomic E-state index is 2.38. The maximum absolute atomic E-state index is 2.38. The Bertz CT molecular complexity index is 2290. The molecule has 7 aromatic carbocycles. The van der Waals surface area contributed by atoms with Crippen LogP contribution in [0.5, 0.6) is 0 Å². The molecule has 0 nitrogen and oxygen atoms in total. The van der Waals surface area contributed by atoms with E-state index in [1.807, 2.05) is 0 Å². The normalized spacial score (nSPS) is 13.5. The van der Waals surface area contributed by atoms with Crippen molar-refractivity contribution in [3.63, 3.8) is 0 Å². The summed E-state index contributed by atoms with van der Waals surface area (Å²) >= 11 is 0. The van der Waals surface area contributed by atoms with Crippen molar-refractivity contribution < 1.29 is 0 Å². The van der Waals surface area contributed by atoms with Gasteiger partial charge in [0.2, 0.25) is 0 Å². The fourth-order valence-electron chi connectivity index (χ4n) is 7.14. The first-order chi connectivity index (χ1) is 20.8. The average Bonchev–Trinajstić information content (AvgIpc) is 3.57. The van der Waals surface area contributed by atoms with Gasteiger partial charge < -0.3 is 0 Å². The van der Waals surface area contributed by atoms with Crippen LogP contribution in [-0.2, 0) is 0 Å². The Morgan fingerprint density at radius 2 is 0.738 bits per heavy atom. The predicted molar refractivity (Wildman–Crippen MR) is 178 cm³/mol. The third-order valence-corrected chi connectivity index (χ3v) is 8.97. The van der Waals surface area contributed by atoms with E-state index < -0.39 is 0 Å². The molecule has 0 unspecified atom stereocenters. The Morgan fingerprint density at radius 1 is 0.238 bits per heavy atom. The van der Waals surface area contributed by atoms with Crippen molar-refractivity contribution in [2.45, 2.75) is 0 Å². The summed E-state index contributed by atoms with van der Waals surface area (Å²) in [6.45, 7) is 0. The van der Waals surface area contributed by atoms with E-state index in [0.717, 1.165) is 0 Å². The van der Waals surface area contributed by atoms with E-state index in [4.69, 9.17) is 0 Å². The zero-order chi connectivity index (χ0) is 27.6. The molecule has 0 heterocycles. The van der Waals surface area contributed by atoms with Gasteiger partial charge in [-0.2, -0.15) is 0 Å². The Morgan fingerprint density at radius 3 is 1.52 bits per heavy atom. The van der Waals surface area contributed by atoms with Crippen LogP contribution in [0.2, 0.25) is 0 Å². The average molecular weight is 531 g/mol. The van der Waals surface area contributed by atoms with Crippen molar-refractivity contribution in [2.75, 3.05) is 0 Å². The Labute approximate surface area is 245 Å². The van der Waals surface area contributed by atoms with Crippen molar-refractivity contribution in [2.24, 2.45) is 0 Å². The molecule has 0 N–H and O–H groups in total. The van der Waals surface area contributed by atoms with Crippen LogP contribution in [0.1, 0.15) is 33.4 Å². The molecule has 194 valence electrons. The third-order valence-electron chi connectivity index (χ3n) is 8.97. The van der Waals surface area contributed by atoms with Gasteiger partial charge in [0.25, 0.3) is 0 Å². The van der Waals surface area contributed by atoms with Gasteiger partial charge in [0.05, 0.1) is 0 Å². The second kappa shape index (κ2) is 9.03. The Kier molecular flexibility index (Phi) is 5.00. The van der Waals surface area contributed by atoms with Gasteiger partial charge in [0, 0.05) is 0 Å². The highest BCUT2D eigenvalue weighted by Crippen LogP contribution is 2.58. The molecule has 0 aliphatic heterocycles. The maximum Gasteiger partial charge on any atom is -0.000741 e. The second-order valence-corrected chi connectivity index (χ2v) is 11.3. The molecule has 0 amide bonds. The van der Waals surface area contributed by atoms with Crippen LogP contribution in [-0.4, -0.2) is 0 Å². The summed E-state index contributed by atoms with van der Waals surface area (Å²) in [6.07, 6.45) is 0. The molecule has 0 radical (unpaired) electrons. The molecule has 0 bridgehead atoms. The van der Waals surface area contributed by atoms with Crippen LogP contribution in [0, 0.1) is 0 Å². The molecule has 9 rings (SSSR count). The van der Waals surface area contributed by atoms with Gasteiger partial charge >= 0.3 is 0 Å². The highest BCUT2D eigenvalue weighted by Gasteiger charge is 2.37. The van der Waals surface area contributed by atoms with Crippen molar-refractivity contribution in [1.29, 1.82) is 0 Å². The molecule has 0 aromatic heterocycles. The van der Waals surface area contributed by atoms with Gasteiger partial charge in [-0.05, 0) is 100 Å². The minimum atomic E-state index is 1.24. The van der Waals surface area contributed by atoms with Crippen molar-refractivity contribution in [3.8, 4) is 11.1 Å². The lowest BCUT2D eigenvalue weighted by Crippen LogP contribution is -1.93. The van der Waals surface area contributed by atoms with Crippen LogP contribution in [0.4, 0.5) is 0 Å². The molecule has 2 aliphatic rings. The minimum Gasteiger partial charge on any atom is -0.0616 e. The number of hydrogen-bond acceptors (Lipinski definition) is 0. The van der Waals surface area contributed by atoms with Crippen molar-refractivity contribution in [1.82, 2.24) is 0 Å². The summed E-state index contributed by atoms with van der Waals surface area (Å²) in [6, 6.07) is 57.9. The van der Waals surface area contributed by atoms with Crippen molar-refractivity contribution in [3.05, 3.63) is 191 Å². The van der Waals surface area contributed by atoms with Gasteiger partial charge in [-0.25, -0.2) is 0 Å². The van der Waals surface area contributed by atoms with Crippen LogP contribution in [0.3, 0.4) is 0 Å². The fraction of sp³-hybridized carbons (Fsp3) is 0. The number of benzene rings is 7. The fourth-order valence-corrected chi connectivity index (χ4v) is 7.14. The first-order valence-electron chi connectivity index (χ1n) is 14.6. The largest absolute Gasteiger partial charge is 0.0616 e. The molecule has 7 aromatic rings. The molecule has 42 heavy (non-hydrogen) atoms. The first kappa shape index (κ1) is 23.3.